The summed E-state index contributed by atoms with van der Waals surface area (Å²) in [5.41, 5.74) is 0.901. The summed E-state index contributed by atoms with van der Waals surface area (Å²) in [5, 5.41) is 0.504. The Morgan fingerprint density at radius 1 is 1.12 bits per heavy atom. The molecule has 0 heterocycles. The van der Waals surface area contributed by atoms with Gasteiger partial charge >= 0.3 is 0 Å². The van der Waals surface area contributed by atoms with Gasteiger partial charge in [-0.2, -0.15) is 0 Å². The van der Waals surface area contributed by atoms with E-state index >= 15 is 0 Å². The minimum Gasteiger partial charge on any atom is -0.294 e. The summed E-state index contributed by atoms with van der Waals surface area (Å²) in [5.74, 6) is -0.500. The first-order valence-electron chi connectivity index (χ1n) is 5.19. The third-order valence-corrected chi connectivity index (χ3v) is 2.69. The fourth-order valence-corrected chi connectivity index (χ4v) is 1.77. The molecule has 0 aromatic heterocycles. The Morgan fingerprint density at radius 2 is 1.88 bits per heavy atom. The summed E-state index contributed by atoms with van der Waals surface area (Å²) in [7, 11) is 0. The van der Waals surface area contributed by atoms with Crippen LogP contribution in [0.15, 0.2) is 48.5 Å². The number of Topliss-reactive ketones (excluding diaryl/α,β-unsaturated/α-hetero) is 1. The molecule has 0 aliphatic heterocycles. The van der Waals surface area contributed by atoms with Crippen molar-refractivity contribution in [2.24, 2.45) is 0 Å². The lowest BCUT2D eigenvalue weighted by Gasteiger charge is -2.03. The van der Waals surface area contributed by atoms with Crippen molar-refractivity contribution < 1.29 is 9.18 Å². The molecule has 0 N–H and O–H groups in total. The van der Waals surface area contributed by atoms with Crippen molar-refractivity contribution in [3.63, 3.8) is 0 Å². The molecular formula is C14H10ClFO. The van der Waals surface area contributed by atoms with Gasteiger partial charge in [0.25, 0.3) is 0 Å². The van der Waals surface area contributed by atoms with Gasteiger partial charge in [-0.05, 0) is 23.8 Å². The van der Waals surface area contributed by atoms with Gasteiger partial charge in [0.1, 0.15) is 5.82 Å². The summed E-state index contributed by atoms with van der Waals surface area (Å²) in [4.78, 5) is 11.9. The predicted octanol–water partition coefficient (Wildman–Crippen LogP) is 3.90. The van der Waals surface area contributed by atoms with Crippen LogP contribution in [0.4, 0.5) is 4.39 Å². The van der Waals surface area contributed by atoms with Crippen LogP contribution in [0.2, 0.25) is 5.02 Å². The van der Waals surface area contributed by atoms with Gasteiger partial charge in [0.15, 0.2) is 5.78 Å². The molecule has 2 aromatic carbocycles. The van der Waals surface area contributed by atoms with Crippen LogP contribution in [0.3, 0.4) is 0 Å². The van der Waals surface area contributed by atoms with Crippen LogP contribution < -0.4 is 0 Å². The number of carbonyl (C=O) groups is 1. The standard InChI is InChI=1S/C14H10ClFO/c15-12-6-3-5-11(8-12)14(17)9-10-4-1-2-7-13(10)16/h1-8H,9H2. The molecule has 0 atom stereocenters. The highest BCUT2D eigenvalue weighted by Gasteiger charge is 2.10. The van der Waals surface area contributed by atoms with Crippen molar-refractivity contribution >= 4 is 17.4 Å². The molecule has 0 amide bonds. The lowest BCUT2D eigenvalue weighted by molar-refractivity contribution is 0.0992. The van der Waals surface area contributed by atoms with E-state index in [1.165, 1.54) is 6.07 Å². The first-order valence-corrected chi connectivity index (χ1v) is 5.57. The van der Waals surface area contributed by atoms with Crippen LogP contribution in [0.25, 0.3) is 0 Å². The third kappa shape index (κ3) is 2.92. The van der Waals surface area contributed by atoms with Gasteiger partial charge in [-0.15, -0.1) is 0 Å². The van der Waals surface area contributed by atoms with E-state index in [1.54, 1.807) is 42.5 Å². The van der Waals surface area contributed by atoms with Crippen molar-refractivity contribution in [3.05, 3.63) is 70.5 Å². The van der Waals surface area contributed by atoms with E-state index in [0.29, 0.717) is 16.1 Å². The Bertz CT molecular complexity index is 551. The molecule has 0 saturated heterocycles. The molecule has 0 unspecified atom stereocenters. The summed E-state index contributed by atoms with van der Waals surface area (Å²) in [6.07, 6.45) is 0.0486. The number of rotatable bonds is 3. The predicted molar refractivity (Wildman–Crippen MR) is 65.9 cm³/mol. The van der Waals surface area contributed by atoms with Crippen LogP contribution in [0.1, 0.15) is 15.9 Å². The quantitative estimate of drug-likeness (QED) is 0.753. The highest BCUT2D eigenvalue weighted by molar-refractivity contribution is 6.31. The zero-order valence-electron chi connectivity index (χ0n) is 8.99. The van der Waals surface area contributed by atoms with E-state index in [9.17, 15) is 9.18 Å². The molecule has 0 saturated carbocycles. The monoisotopic (exact) mass is 248 g/mol. The summed E-state index contributed by atoms with van der Waals surface area (Å²) >= 11 is 5.80. The van der Waals surface area contributed by atoms with Crippen LogP contribution in [0.5, 0.6) is 0 Å². The number of ketones is 1. The average molecular weight is 249 g/mol. The van der Waals surface area contributed by atoms with Crippen LogP contribution in [-0.4, -0.2) is 5.78 Å². The molecule has 2 rings (SSSR count). The first kappa shape index (κ1) is 11.8. The lowest BCUT2D eigenvalue weighted by Crippen LogP contribution is -2.04. The molecule has 0 radical (unpaired) electrons. The molecule has 0 bridgehead atoms. The minimum atomic E-state index is -0.358. The summed E-state index contributed by atoms with van der Waals surface area (Å²) < 4.78 is 13.4. The fourth-order valence-electron chi connectivity index (χ4n) is 1.58. The molecule has 0 spiro atoms. The van der Waals surface area contributed by atoms with Gasteiger partial charge in [0.2, 0.25) is 0 Å². The van der Waals surface area contributed by atoms with Gasteiger partial charge in [-0.3, -0.25) is 4.79 Å². The highest BCUT2D eigenvalue weighted by atomic mass is 35.5. The second kappa shape index (κ2) is 5.11. The zero-order valence-corrected chi connectivity index (χ0v) is 9.75. The van der Waals surface area contributed by atoms with E-state index < -0.39 is 0 Å². The molecule has 17 heavy (non-hydrogen) atoms. The number of hydrogen-bond acceptors (Lipinski definition) is 1. The first-order chi connectivity index (χ1) is 8.16. The smallest absolute Gasteiger partial charge is 0.167 e. The Labute approximate surface area is 104 Å². The third-order valence-electron chi connectivity index (χ3n) is 2.46. The van der Waals surface area contributed by atoms with Crippen LogP contribution in [-0.2, 0) is 6.42 Å². The Kier molecular flexibility index (Phi) is 3.55. The van der Waals surface area contributed by atoms with Gasteiger partial charge in [0.05, 0.1) is 0 Å². The van der Waals surface area contributed by atoms with E-state index in [0.717, 1.165) is 0 Å². The molecule has 1 nitrogen and oxygen atoms in total. The van der Waals surface area contributed by atoms with Crippen molar-refractivity contribution in [1.82, 2.24) is 0 Å². The van der Waals surface area contributed by atoms with E-state index in [2.05, 4.69) is 0 Å². The highest BCUT2D eigenvalue weighted by Crippen LogP contribution is 2.14. The molecule has 0 aliphatic carbocycles. The van der Waals surface area contributed by atoms with Crippen LogP contribution >= 0.6 is 11.6 Å². The van der Waals surface area contributed by atoms with E-state index in [-0.39, 0.29) is 18.0 Å². The normalized spacial score (nSPS) is 10.2. The second-order valence-electron chi connectivity index (χ2n) is 3.70. The zero-order chi connectivity index (χ0) is 12.3. The largest absolute Gasteiger partial charge is 0.294 e. The number of carbonyl (C=O) groups excluding carboxylic acids is 1. The van der Waals surface area contributed by atoms with Crippen molar-refractivity contribution in [3.8, 4) is 0 Å². The van der Waals surface area contributed by atoms with Gasteiger partial charge in [-0.25, -0.2) is 4.39 Å². The SMILES string of the molecule is O=C(Cc1ccccc1F)c1cccc(Cl)c1. The number of halogens is 2. The van der Waals surface area contributed by atoms with Crippen molar-refractivity contribution in [1.29, 1.82) is 0 Å². The molecule has 3 heteroatoms. The Balaban J connectivity index is 2.20. The molecule has 2 aromatic rings. The average Bonchev–Trinajstić information content (AvgIpc) is 2.32. The maximum absolute atomic E-state index is 13.4. The van der Waals surface area contributed by atoms with Crippen LogP contribution in [0, 0.1) is 5.82 Å². The molecular weight excluding hydrogens is 239 g/mol. The van der Waals surface area contributed by atoms with Gasteiger partial charge in [-0.1, -0.05) is 41.9 Å². The Morgan fingerprint density at radius 3 is 2.59 bits per heavy atom. The topological polar surface area (TPSA) is 17.1 Å². The summed E-state index contributed by atoms with van der Waals surface area (Å²) in [6, 6.07) is 12.9. The number of hydrogen-bond donors (Lipinski definition) is 0. The second-order valence-corrected chi connectivity index (χ2v) is 4.14. The van der Waals surface area contributed by atoms with Crippen molar-refractivity contribution in [2.45, 2.75) is 6.42 Å². The maximum Gasteiger partial charge on any atom is 0.167 e. The van der Waals surface area contributed by atoms with E-state index in [4.69, 9.17) is 11.6 Å². The molecule has 86 valence electrons. The maximum atomic E-state index is 13.4. The molecule has 0 aliphatic rings. The van der Waals surface area contributed by atoms with Gasteiger partial charge in [0, 0.05) is 17.0 Å². The van der Waals surface area contributed by atoms with E-state index in [1.807, 2.05) is 0 Å². The lowest BCUT2D eigenvalue weighted by atomic mass is 10.0. The summed E-state index contributed by atoms with van der Waals surface area (Å²) in [6.45, 7) is 0. The minimum absolute atomic E-state index is 0.0486. The fraction of sp³-hybridized carbons (Fsp3) is 0.0714. The number of benzene rings is 2. The van der Waals surface area contributed by atoms with Gasteiger partial charge < -0.3 is 0 Å². The Hall–Kier alpha value is -1.67. The molecule has 0 fully saturated rings. The van der Waals surface area contributed by atoms with Crippen molar-refractivity contribution in [2.75, 3.05) is 0 Å².